The van der Waals surface area contributed by atoms with Gasteiger partial charge in [-0.05, 0) is 0 Å². The van der Waals surface area contributed by atoms with E-state index >= 15 is 0 Å². The molecule has 1 N–H and O–H groups in total. The zero-order chi connectivity index (χ0) is 10.8. The first kappa shape index (κ1) is 11.2. The quantitative estimate of drug-likeness (QED) is 0.819. The highest BCUT2D eigenvalue weighted by molar-refractivity contribution is 7.13. The average Bonchev–Trinajstić information content (AvgIpc) is 2.51. The molecule has 0 fully saturated rings. The fraction of sp³-hybridized carbons (Fsp3) is 0.600. The third-order valence-corrected chi connectivity index (χ3v) is 2.60. The first-order valence-corrected chi connectivity index (χ1v) is 5.57. The predicted molar refractivity (Wildman–Crippen MR) is 59.7 cm³/mol. The average molecular weight is 212 g/mol. The maximum Gasteiger partial charge on any atom is 0.225 e. The lowest BCUT2D eigenvalue weighted by atomic mass is 9.93. The Morgan fingerprint density at radius 2 is 2.21 bits per heavy atom. The maximum atomic E-state index is 11.1. The molecule has 0 unspecified atom stereocenters. The molecule has 0 saturated heterocycles. The van der Waals surface area contributed by atoms with Gasteiger partial charge in [0, 0.05) is 17.2 Å². The lowest BCUT2D eigenvalue weighted by Crippen LogP contribution is -2.13. The summed E-state index contributed by atoms with van der Waals surface area (Å²) in [6.45, 7) is 8.14. The number of nitrogens with one attached hydrogen (secondary N) is 1. The molecule has 0 aliphatic carbocycles. The van der Waals surface area contributed by atoms with E-state index in [0.717, 1.165) is 5.69 Å². The van der Waals surface area contributed by atoms with Crippen molar-refractivity contribution in [3.05, 3.63) is 11.1 Å². The molecule has 0 aromatic carbocycles. The van der Waals surface area contributed by atoms with Gasteiger partial charge in [0.15, 0.2) is 5.13 Å². The van der Waals surface area contributed by atoms with E-state index in [9.17, 15) is 4.79 Å². The minimum absolute atomic E-state index is 0.0137. The highest BCUT2D eigenvalue weighted by atomic mass is 32.1. The number of rotatable bonds is 2. The van der Waals surface area contributed by atoms with Crippen LogP contribution in [-0.4, -0.2) is 10.9 Å². The Morgan fingerprint density at radius 3 is 2.64 bits per heavy atom. The summed E-state index contributed by atoms with van der Waals surface area (Å²) in [5.74, 6) is 0.0137. The van der Waals surface area contributed by atoms with Crippen molar-refractivity contribution in [3.8, 4) is 0 Å². The van der Waals surface area contributed by atoms with Crippen LogP contribution in [0.5, 0.6) is 0 Å². The number of nitrogens with zero attached hydrogens (tertiary/aromatic N) is 1. The maximum absolute atomic E-state index is 11.1. The second-order valence-electron chi connectivity index (χ2n) is 4.19. The summed E-state index contributed by atoms with van der Waals surface area (Å²) in [6, 6.07) is 0. The molecule has 78 valence electrons. The van der Waals surface area contributed by atoms with E-state index in [2.05, 4.69) is 31.1 Å². The Morgan fingerprint density at radius 1 is 1.57 bits per heavy atom. The van der Waals surface area contributed by atoms with Crippen molar-refractivity contribution in [1.82, 2.24) is 4.98 Å². The lowest BCUT2D eigenvalue weighted by Gasteiger charge is -2.14. The summed E-state index contributed by atoms with van der Waals surface area (Å²) in [5.41, 5.74) is 1.07. The second-order valence-corrected chi connectivity index (χ2v) is 5.05. The molecule has 0 aliphatic rings. The van der Waals surface area contributed by atoms with Crippen LogP contribution < -0.4 is 5.32 Å². The van der Waals surface area contributed by atoms with E-state index < -0.39 is 0 Å². The van der Waals surface area contributed by atoms with Crippen molar-refractivity contribution >= 4 is 22.4 Å². The molecule has 0 saturated carbocycles. The van der Waals surface area contributed by atoms with Crippen LogP contribution in [0.2, 0.25) is 0 Å². The molecule has 1 amide bonds. The van der Waals surface area contributed by atoms with Gasteiger partial charge in [0.1, 0.15) is 0 Å². The molecule has 0 bridgehead atoms. The second kappa shape index (κ2) is 4.09. The first-order valence-electron chi connectivity index (χ1n) is 4.69. The molecule has 3 nitrogen and oxygen atoms in total. The van der Waals surface area contributed by atoms with E-state index in [0.29, 0.717) is 11.6 Å². The number of carbonyl (C=O) groups excluding carboxylic acids is 1. The van der Waals surface area contributed by atoms with E-state index in [1.165, 1.54) is 11.3 Å². The van der Waals surface area contributed by atoms with Gasteiger partial charge < -0.3 is 5.32 Å². The van der Waals surface area contributed by atoms with Crippen LogP contribution in [0.25, 0.3) is 0 Å². The van der Waals surface area contributed by atoms with E-state index in [1.54, 1.807) is 0 Å². The van der Waals surface area contributed by atoms with Gasteiger partial charge >= 0.3 is 0 Å². The van der Waals surface area contributed by atoms with Gasteiger partial charge in [-0.2, -0.15) is 0 Å². The molecule has 1 heterocycles. The Hall–Kier alpha value is -0.900. The third kappa shape index (κ3) is 2.80. The molecule has 4 heteroatoms. The number of anilines is 1. The number of aromatic nitrogens is 1. The molecule has 0 radical (unpaired) electrons. The lowest BCUT2D eigenvalue weighted by molar-refractivity contribution is -0.115. The monoisotopic (exact) mass is 212 g/mol. The topological polar surface area (TPSA) is 42.0 Å². The Kier molecular flexibility index (Phi) is 3.26. The Balaban J connectivity index is 2.74. The van der Waals surface area contributed by atoms with Crippen LogP contribution in [0.1, 0.15) is 39.8 Å². The third-order valence-electron chi connectivity index (χ3n) is 1.84. The largest absolute Gasteiger partial charge is 0.302 e. The highest BCUT2D eigenvalue weighted by Gasteiger charge is 2.17. The normalized spacial score (nSPS) is 11.4. The Labute approximate surface area is 88.6 Å². The fourth-order valence-corrected chi connectivity index (χ4v) is 1.84. The summed E-state index contributed by atoms with van der Waals surface area (Å²) in [7, 11) is 0. The zero-order valence-electron chi connectivity index (χ0n) is 9.05. The van der Waals surface area contributed by atoms with E-state index in [-0.39, 0.29) is 11.3 Å². The molecule has 1 aromatic rings. The van der Waals surface area contributed by atoms with Gasteiger partial charge in [-0.3, -0.25) is 4.79 Å². The van der Waals surface area contributed by atoms with Crippen molar-refractivity contribution in [2.24, 2.45) is 0 Å². The number of hydrogen-bond donors (Lipinski definition) is 1. The van der Waals surface area contributed by atoms with Gasteiger partial charge in [-0.25, -0.2) is 4.98 Å². The van der Waals surface area contributed by atoms with Gasteiger partial charge in [0.25, 0.3) is 0 Å². The zero-order valence-corrected chi connectivity index (χ0v) is 9.86. The van der Waals surface area contributed by atoms with Gasteiger partial charge in [0.2, 0.25) is 5.91 Å². The number of hydrogen-bond acceptors (Lipinski definition) is 3. The molecular formula is C10H16N2OS. The first-order chi connectivity index (χ1) is 6.43. The van der Waals surface area contributed by atoms with Gasteiger partial charge in [0.05, 0.1) is 5.69 Å². The number of amides is 1. The standard InChI is InChI=1S/C10H16N2OS/c1-5-8(13)12-9-11-7(6-14-9)10(2,3)4/h6H,5H2,1-4H3,(H,11,12,13). The minimum atomic E-state index is 0.0137. The molecule has 1 rings (SSSR count). The summed E-state index contributed by atoms with van der Waals surface area (Å²) >= 11 is 1.48. The highest BCUT2D eigenvalue weighted by Crippen LogP contribution is 2.26. The van der Waals surface area contributed by atoms with Crippen LogP contribution in [0.3, 0.4) is 0 Å². The van der Waals surface area contributed by atoms with Crippen molar-refractivity contribution in [3.63, 3.8) is 0 Å². The van der Waals surface area contributed by atoms with Crippen LogP contribution in [0.15, 0.2) is 5.38 Å². The molecule has 0 aliphatic heterocycles. The van der Waals surface area contributed by atoms with Crippen LogP contribution in [0.4, 0.5) is 5.13 Å². The molecule has 1 aromatic heterocycles. The number of thiazole rings is 1. The SMILES string of the molecule is CCC(=O)Nc1nc(C(C)(C)C)cs1. The summed E-state index contributed by atoms with van der Waals surface area (Å²) in [5, 5.41) is 5.44. The van der Waals surface area contributed by atoms with Crippen LogP contribution in [0, 0.1) is 0 Å². The Bertz CT molecular complexity index is 325. The molecule has 0 atom stereocenters. The van der Waals surface area contributed by atoms with Crippen molar-refractivity contribution in [2.45, 2.75) is 39.5 Å². The van der Waals surface area contributed by atoms with Crippen molar-refractivity contribution < 1.29 is 4.79 Å². The summed E-state index contributed by atoms with van der Waals surface area (Å²) < 4.78 is 0. The van der Waals surface area contributed by atoms with Gasteiger partial charge in [-0.1, -0.05) is 27.7 Å². The van der Waals surface area contributed by atoms with Crippen LogP contribution in [-0.2, 0) is 10.2 Å². The van der Waals surface area contributed by atoms with E-state index in [1.807, 2.05) is 12.3 Å². The fourth-order valence-electron chi connectivity index (χ4n) is 0.883. The molecule has 14 heavy (non-hydrogen) atoms. The molecular weight excluding hydrogens is 196 g/mol. The number of carbonyl (C=O) groups is 1. The molecule has 0 spiro atoms. The minimum Gasteiger partial charge on any atom is -0.302 e. The summed E-state index contributed by atoms with van der Waals surface area (Å²) in [4.78, 5) is 15.5. The van der Waals surface area contributed by atoms with Gasteiger partial charge in [-0.15, -0.1) is 11.3 Å². The van der Waals surface area contributed by atoms with Crippen LogP contribution >= 0.6 is 11.3 Å². The van der Waals surface area contributed by atoms with Crippen molar-refractivity contribution in [2.75, 3.05) is 5.32 Å². The predicted octanol–water partition coefficient (Wildman–Crippen LogP) is 2.79. The smallest absolute Gasteiger partial charge is 0.225 e. The summed E-state index contributed by atoms with van der Waals surface area (Å²) in [6.07, 6.45) is 0.491. The van der Waals surface area contributed by atoms with E-state index in [4.69, 9.17) is 0 Å². The van der Waals surface area contributed by atoms with Crippen molar-refractivity contribution in [1.29, 1.82) is 0 Å².